The molecule has 2 rings (SSSR count). The second-order valence-corrected chi connectivity index (χ2v) is 6.14. The number of hydrogen-bond acceptors (Lipinski definition) is 7. The number of esters is 1. The largest absolute Gasteiger partial charge is 0.496 e. The first-order chi connectivity index (χ1) is 11.9. The minimum absolute atomic E-state index is 0.0967. The van der Waals surface area contributed by atoms with E-state index in [0.29, 0.717) is 5.75 Å². The maximum absolute atomic E-state index is 11.9. The molecule has 0 bridgehead atoms. The zero-order valence-electron chi connectivity index (χ0n) is 13.9. The van der Waals surface area contributed by atoms with Gasteiger partial charge in [-0.2, -0.15) is 0 Å². The van der Waals surface area contributed by atoms with Gasteiger partial charge in [-0.25, -0.2) is 4.79 Å². The summed E-state index contributed by atoms with van der Waals surface area (Å²) in [5.74, 6) is -0.751. The minimum Gasteiger partial charge on any atom is -0.496 e. The fourth-order valence-corrected chi connectivity index (χ4v) is 2.87. The van der Waals surface area contributed by atoms with Gasteiger partial charge in [-0.3, -0.25) is 19.3 Å². The predicted molar refractivity (Wildman–Crippen MR) is 90.6 cm³/mol. The SMILES string of the molecule is COc1cc(C(=O)OCC(=O)NCCN2C(=O)CSC2=O)ccc1C. The Bertz CT molecular complexity index is 690. The monoisotopic (exact) mass is 366 g/mol. The maximum atomic E-state index is 11.9. The van der Waals surface area contributed by atoms with Crippen LogP contribution in [0.2, 0.25) is 0 Å². The lowest BCUT2D eigenvalue weighted by Crippen LogP contribution is -2.38. The lowest BCUT2D eigenvalue weighted by atomic mass is 10.1. The molecule has 1 N–H and O–H groups in total. The molecule has 0 aromatic heterocycles. The van der Waals surface area contributed by atoms with Gasteiger partial charge in [0.1, 0.15) is 5.75 Å². The van der Waals surface area contributed by atoms with Gasteiger partial charge in [-0.05, 0) is 24.6 Å². The molecule has 1 fully saturated rings. The molecule has 1 aromatic rings. The van der Waals surface area contributed by atoms with E-state index in [1.807, 2.05) is 6.92 Å². The first-order valence-electron chi connectivity index (χ1n) is 7.48. The number of aryl methyl sites for hydroxylation is 1. The number of carbonyl (C=O) groups is 4. The molecule has 8 nitrogen and oxygen atoms in total. The van der Waals surface area contributed by atoms with Crippen LogP contribution in [0.4, 0.5) is 4.79 Å². The van der Waals surface area contributed by atoms with Gasteiger partial charge in [-0.15, -0.1) is 0 Å². The van der Waals surface area contributed by atoms with Crippen molar-refractivity contribution in [3.8, 4) is 5.75 Å². The molecule has 3 amide bonds. The summed E-state index contributed by atoms with van der Waals surface area (Å²) in [5.41, 5.74) is 1.15. The van der Waals surface area contributed by atoms with Crippen LogP contribution in [0.15, 0.2) is 18.2 Å². The first kappa shape index (κ1) is 18.8. The van der Waals surface area contributed by atoms with Crippen molar-refractivity contribution in [2.75, 3.05) is 32.6 Å². The molecule has 9 heteroatoms. The third-order valence-corrected chi connectivity index (χ3v) is 4.33. The number of imide groups is 1. The van der Waals surface area contributed by atoms with E-state index in [9.17, 15) is 19.2 Å². The Morgan fingerprint density at radius 1 is 1.32 bits per heavy atom. The number of ether oxygens (including phenoxy) is 2. The Kier molecular flexibility index (Phi) is 6.40. The molecule has 1 saturated heterocycles. The molecular formula is C16H18N2O6S. The number of nitrogens with one attached hydrogen (secondary N) is 1. The third-order valence-electron chi connectivity index (χ3n) is 3.48. The zero-order valence-corrected chi connectivity index (χ0v) is 14.7. The van der Waals surface area contributed by atoms with Gasteiger partial charge in [-0.1, -0.05) is 17.8 Å². The maximum Gasteiger partial charge on any atom is 0.338 e. The van der Waals surface area contributed by atoms with E-state index in [0.717, 1.165) is 22.2 Å². The average molecular weight is 366 g/mol. The van der Waals surface area contributed by atoms with Crippen molar-refractivity contribution in [3.63, 3.8) is 0 Å². The van der Waals surface area contributed by atoms with Gasteiger partial charge in [0.25, 0.3) is 11.1 Å². The topological polar surface area (TPSA) is 102 Å². The van der Waals surface area contributed by atoms with Crippen LogP contribution < -0.4 is 10.1 Å². The second kappa shape index (κ2) is 8.52. The number of methoxy groups -OCH3 is 1. The minimum atomic E-state index is -0.644. The highest BCUT2D eigenvalue weighted by Crippen LogP contribution is 2.19. The van der Waals surface area contributed by atoms with Crippen molar-refractivity contribution < 1.29 is 28.7 Å². The summed E-state index contributed by atoms with van der Waals surface area (Å²) in [5, 5.41) is 2.17. The van der Waals surface area contributed by atoms with E-state index in [1.165, 1.54) is 13.2 Å². The molecule has 0 radical (unpaired) electrons. The second-order valence-electron chi connectivity index (χ2n) is 5.21. The van der Waals surface area contributed by atoms with E-state index in [4.69, 9.17) is 9.47 Å². The Morgan fingerprint density at radius 3 is 2.72 bits per heavy atom. The van der Waals surface area contributed by atoms with E-state index in [1.54, 1.807) is 12.1 Å². The van der Waals surface area contributed by atoms with Crippen molar-refractivity contribution in [3.05, 3.63) is 29.3 Å². The highest BCUT2D eigenvalue weighted by molar-refractivity contribution is 8.14. The Morgan fingerprint density at radius 2 is 2.08 bits per heavy atom. The molecule has 1 aliphatic heterocycles. The summed E-state index contributed by atoms with van der Waals surface area (Å²) in [6.07, 6.45) is 0. The molecule has 0 spiro atoms. The van der Waals surface area contributed by atoms with E-state index in [2.05, 4.69) is 5.32 Å². The van der Waals surface area contributed by atoms with E-state index >= 15 is 0 Å². The van der Waals surface area contributed by atoms with Crippen LogP contribution in [0.25, 0.3) is 0 Å². The van der Waals surface area contributed by atoms with Crippen molar-refractivity contribution in [2.24, 2.45) is 0 Å². The zero-order chi connectivity index (χ0) is 18.4. The van der Waals surface area contributed by atoms with Crippen LogP contribution in [0.5, 0.6) is 5.75 Å². The molecular weight excluding hydrogens is 348 g/mol. The summed E-state index contributed by atoms with van der Waals surface area (Å²) >= 11 is 0.933. The molecule has 1 heterocycles. The number of carbonyl (C=O) groups excluding carboxylic acids is 4. The van der Waals surface area contributed by atoms with Gasteiger partial charge < -0.3 is 14.8 Å². The Labute approximate surface area is 148 Å². The number of nitrogens with zero attached hydrogens (tertiary/aromatic N) is 1. The van der Waals surface area contributed by atoms with Gasteiger partial charge in [0.05, 0.1) is 18.4 Å². The van der Waals surface area contributed by atoms with Crippen LogP contribution in [0.1, 0.15) is 15.9 Å². The molecule has 1 aliphatic rings. The Hall–Kier alpha value is -2.55. The summed E-state index contributed by atoms with van der Waals surface area (Å²) in [4.78, 5) is 47.5. The quantitative estimate of drug-likeness (QED) is 0.718. The van der Waals surface area contributed by atoms with Gasteiger partial charge >= 0.3 is 5.97 Å². The van der Waals surface area contributed by atoms with Crippen LogP contribution in [0, 0.1) is 6.92 Å². The fourth-order valence-electron chi connectivity index (χ4n) is 2.12. The van der Waals surface area contributed by atoms with E-state index in [-0.39, 0.29) is 35.6 Å². The number of benzene rings is 1. The van der Waals surface area contributed by atoms with Crippen LogP contribution in [-0.4, -0.2) is 60.5 Å². The molecule has 0 atom stereocenters. The molecule has 1 aromatic carbocycles. The number of hydrogen-bond donors (Lipinski definition) is 1. The molecule has 134 valence electrons. The van der Waals surface area contributed by atoms with Gasteiger partial charge in [0.15, 0.2) is 6.61 Å². The Balaban J connectivity index is 1.75. The van der Waals surface area contributed by atoms with Crippen LogP contribution in [0.3, 0.4) is 0 Å². The van der Waals surface area contributed by atoms with Crippen molar-refractivity contribution in [2.45, 2.75) is 6.92 Å². The summed E-state index contributed by atoms with van der Waals surface area (Å²) in [6.45, 7) is 1.59. The van der Waals surface area contributed by atoms with Gasteiger partial charge in [0, 0.05) is 13.1 Å². The highest BCUT2D eigenvalue weighted by atomic mass is 32.2. The smallest absolute Gasteiger partial charge is 0.338 e. The summed E-state index contributed by atoms with van der Waals surface area (Å²) < 4.78 is 10.1. The predicted octanol–water partition coefficient (Wildman–Crippen LogP) is 0.972. The van der Waals surface area contributed by atoms with Crippen LogP contribution in [-0.2, 0) is 14.3 Å². The number of rotatable bonds is 7. The average Bonchev–Trinajstić information content (AvgIpc) is 2.92. The van der Waals surface area contributed by atoms with Crippen LogP contribution >= 0.6 is 11.8 Å². The van der Waals surface area contributed by atoms with Crippen molar-refractivity contribution >= 4 is 34.8 Å². The normalized spacial score (nSPS) is 13.8. The number of thioether (sulfide) groups is 1. The lowest BCUT2D eigenvalue weighted by Gasteiger charge is -2.13. The molecule has 25 heavy (non-hydrogen) atoms. The summed E-state index contributed by atoms with van der Waals surface area (Å²) in [6, 6.07) is 4.84. The molecule has 0 saturated carbocycles. The lowest BCUT2D eigenvalue weighted by molar-refractivity contribution is -0.126. The summed E-state index contributed by atoms with van der Waals surface area (Å²) in [7, 11) is 1.50. The first-order valence-corrected chi connectivity index (χ1v) is 8.46. The van der Waals surface area contributed by atoms with Crippen molar-refractivity contribution in [1.82, 2.24) is 10.2 Å². The van der Waals surface area contributed by atoms with Gasteiger partial charge in [0.2, 0.25) is 5.91 Å². The highest BCUT2D eigenvalue weighted by Gasteiger charge is 2.29. The molecule has 0 unspecified atom stereocenters. The van der Waals surface area contributed by atoms with E-state index < -0.39 is 18.5 Å². The third kappa shape index (κ3) is 4.96. The standard InChI is InChI=1S/C16H18N2O6S/c1-10-3-4-11(7-12(10)23-2)15(21)24-8-13(19)17-5-6-18-14(20)9-25-16(18)22/h3-4,7H,5-6,8-9H2,1-2H3,(H,17,19). The number of amides is 3. The van der Waals surface area contributed by atoms with Crippen molar-refractivity contribution in [1.29, 1.82) is 0 Å². The fraction of sp³-hybridized carbons (Fsp3) is 0.375. The molecule has 0 aliphatic carbocycles.